The Morgan fingerprint density at radius 3 is 2.73 bits per heavy atom. The third-order valence-electron chi connectivity index (χ3n) is 3.33. The van der Waals surface area contributed by atoms with Gasteiger partial charge in [-0.05, 0) is 41.5 Å². The Morgan fingerprint density at radius 1 is 1.33 bits per heavy atom. The molecule has 0 N–H and O–H groups in total. The predicted octanol–water partition coefficient (Wildman–Crippen LogP) is 3.24. The zero-order valence-electron chi connectivity index (χ0n) is 9.30. The summed E-state index contributed by atoms with van der Waals surface area (Å²) in [4.78, 5) is 0. The molecule has 1 aromatic rings. The van der Waals surface area contributed by atoms with E-state index in [-0.39, 0.29) is 5.41 Å². The van der Waals surface area contributed by atoms with Crippen LogP contribution in [0, 0.1) is 16.7 Å². The van der Waals surface area contributed by atoms with E-state index in [4.69, 9.17) is 5.26 Å². The highest BCUT2D eigenvalue weighted by molar-refractivity contribution is 5.43. The van der Waals surface area contributed by atoms with E-state index < -0.39 is 0 Å². The molecule has 2 rings (SSSR count). The lowest BCUT2D eigenvalue weighted by Gasteiger charge is -2.33. The van der Waals surface area contributed by atoms with E-state index in [0.29, 0.717) is 0 Å². The first-order valence-corrected chi connectivity index (χ1v) is 5.23. The van der Waals surface area contributed by atoms with Crippen molar-refractivity contribution in [2.24, 2.45) is 5.41 Å². The van der Waals surface area contributed by atoms with E-state index in [1.807, 2.05) is 12.1 Å². The van der Waals surface area contributed by atoms with Crippen LogP contribution in [0.5, 0.6) is 0 Å². The fraction of sp³-hybridized carbons (Fsp3) is 0.357. The van der Waals surface area contributed by atoms with Crippen LogP contribution in [0.15, 0.2) is 30.4 Å². The molecule has 0 fully saturated rings. The summed E-state index contributed by atoms with van der Waals surface area (Å²) in [6.07, 6.45) is 1.95. The molecule has 0 saturated carbocycles. The summed E-state index contributed by atoms with van der Waals surface area (Å²) in [5.74, 6) is 0. The SMILES string of the molecule is C=C1Cc2cc(C#N)ccc2CC1(C)C. The van der Waals surface area contributed by atoms with E-state index in [1.165, 1.54) is 16.7 Å². The molecule has 1 aliphatic carbocycles. The molecular formula is C14H15N. The maximum Gasteiger partial charge on any atom is 0.0991 e. The van der Waals surface area contributed by atoms with Crippen molar-refractivity contribution in [3.8, 4) is 6.07 Å². The Bertz CT molecular complexity index is 461. The third-order valence-corrected chi connectivity index (χ3v) is 3.33. The number of fused-ring (bicyclic) bond motifs is 1. The van der Waals surface area contributed by atoms with E-state index in [1.54, 1.807) is 0 Å². The van der Waals surface area contributed by atoms with Crippen LogP contribution in [0.1, 0.15) is 30.5 Å². The normalized spacial score (nSPS) is 18.1. The first-order valence-electron chi connectivity index (χ1n) is 5.23. The Labute approximate surface area is 91.0 Å². The average molecular weight is 197 g/mol. The van der Waals surface area contributed by atoms with Gasteiger partial charge in [0.05, 0.1) is 11.6 Å². The fourth-order valence-corrected chi connectivity index (χ4v) is 2.10. The van der Waals surface area contributed by atoms with Gasteiger partial charge in [0.2, 0.25) is 0 Å². The first kappa shape index (κ1) is 9.98. The molecule has 0 heterocycles. The second-order valence-corrected chi connectivity index (χ2v) is 4.94. The summed E-state index contributed by atoms with van der Waals surface area (Å²) in [6, 6.07) is 8.17. The number of allylic oxidation sites excluding steroid dienone is 1. The monoisotopic (exact) mass is 197 g/mol. The van der Waals surface area contributed by atoms with Gasteiger partial charge >= 0.3 is 0 Å². The van der Waals surface area contributed by atoms with E-state index in [0.717, 1.165) is 18.4 Å². The van der Waals surface area contributed by atoms with Gasteiger partial charge in [-0.1, -0.05) is 32.1 Å². The van der Waals surface area contributed by atoms with Gasteiger partial charge < -0.3 is 0 Å². The minimum Gasteiger partial charge on any atom is -0.192 e. The maximum absolute atomic E-state index is 8.84. The molecule has 0 aromatic heterocycles. The lowest BCUT2D eigenvalue weighted by Crippen LogP contribution is -2.24. The molecule has 15 heavy (non-hydrogen) atoms. The van der Waals surface area contributed by atoms with E-state index >= 15 is 0 Å². The maximum atomic E-state index is 8.84. The highest BCUT2D eigenvalue weighted by atomic mass is 14.3. The molecule has 0 saturated heterocycles. The van der Waals surface area contributed by atoms with Crippen LogP contribution in [-0.4, -0.2) is 0 Å². The van der Waals surface area contributed by atoms with Crippen molar-refractivity contribution in [2.45, 2.75) is 26.7 Å². The number of nitrogens with zero attached hydrogens (tertiary/aromatic N) is 1. The zero-order valence-corrected chi connectivity index (χ0v) is 9.30. The van der Waals surface area contributed by atoms with Crippen LogP contribution < -0.4 is 0 Å². The number of nitriles is 1. The van der Waals surface area contributed by atoms with Crippen LogP contribution in [0.3, 0.4) is 0 Å². The highest BCUT2D eigenvalue weighted by Gasteiger charge is 2.28. The van der Waals surface area contributed by atoms with Gasteiger partial charge in [-0.3, -0.25) is 0 Å². The standard InChI is InChI=1S/C14H15N/c1-10-6-13-7-11(9-15)4-5-12(13)8-14(10,2)3/h4-5,7H,1,6,8H2,2-3H3. The van der Waals surface area contributed by atoms with Crippen LogP contribution >= 0.6 is 0 Å². The molecule has 0 radical (unpaired) electrons. The molecule has 0 unspecified atom stereocenters. The molecular weight excluding hydrogens is 182 g/mol. The number of hydrogen-bond donors (Lipinski definition) is 0. The van der Waals surface area contributed by atoms with Crippen molar-refractivity contribution < 1.29 is 0 Å². The molecule has 1 aliphatic rings. The number of hydrogen-bond acceptors (Lipinski definition) is 1. The molecule has 76 valence electrons. The summed E-state index contributed by atoms with van der Waals surface area (Å²) >= 11 is 0. The Kier molecular flexibility index (Phi) is 2.16. The van der Waals surface area contributed by atoms with Gasteiger partial charge in [0, 0.05) is 0 Å². The van der Waals surface area contributed by atoms with Gasteiger partial charge in [-0.2, -0.15) is 5.26 Å². The second-order valence-electron chi connectivity index (χ2n) is 4.94. The van der Waals surface area contributed by atoms with Crippen LogP contribution in [-0.2, 0) is 12.8 Å². The summed E-state index contributed by atoms with van der Waals surface area (Å²) < 4.78 is 0. The quantitative estimate of drug-likeness (QED) is 0.586. The molecule has 0 atom stereocenters. The van der Waals surface area contributed by atoms with Gasteiger partial charge in [0.1, 0.15) is 0 Å². The van der Waals surface area contributed by atoms with Gasteiger partial charge in [-0.15, -0.1) is 0 Å². The summed E-state index contributed by atoms with van der Waals surface area (Å²) in [7, 11) is 0. The Hall–Kier alpha value is -1.55. The Balaban J connectivity index is 2.46. The molecule has 0 aliphatic heterocycles. The summed E-state index contributed by atoms with van der Waals surface area (Å²) in [5, 5.41) is 8.84. The third kappa shape index (κ3) is 1.68. The molecule has 1 aromatic carbocycles. The zero-order chi connectivity index (χ0) is 11.1. The van der Waals surface area contributed by atoms with Gasteiger partial charge in [0.15, 0.2) is 0 Å². The van der Waals surface area contributed by atoms with Crippen molar-refractivity contribution >= 4 is 0 Å². The van der Waals surface area contributed by atoms with Gasteiger partial charge in [0.25, 0.3) is 0 Å². The predicted molar refractivity (Wildman–Crippen MR) is 61.5 cm³/mol. The van der Waals surface area contributed by atoms with Crippen LogP contribution in [0.2, 0.25) is 0 Å². The average Bonchev–Trinajstić information content (AvgIpc) is 2.19. The fourth-order valence-electron chi connectivity index (χ4n) is 2.10. The Morgan fingerprint density at radius 2 is 2.07 bits per heavy atom. The van der Waals surface area contributed by atoms with Crippen molar-refractivity contribution in [1.29, 1.82) is 5.26 Å². The van der Waals surface area contributed by atoms with Crippen molar-refractivity contribution in [1.82, 2.24) is 0 Å². The lowest BCUT2D eigenvalue weighted by molar-refractivity contribution is 0.418. The summed E-state index contributed by atoms with van der Waals surface area (Å²) in [5.41, 5.74) is 4.86. The minimum atomic E-state index is 0.196. The second kappa shape index (κ2) is 3.24. The van der Waals surface area contributed by atoms with Crippen molar-refractivity contribution in [2.75, 3.05) is 0 Å². The number of benzene rings is 1. The molecule has 1 nitrogen and oxygen atoms in total. The lowest BCUT2D eigenvalue weighted by atomic mass is 9.71. The molecule has 1 heteroatoms. The minimum absolute atomic E-state index is 0.196. The van der Waals surface area contributed by atoms with E-state index in [9.17, 15) is 0 Å². The number of rotatable bonds is 0. The largest absolute Gasteiger partial charge is 0.192 e. The smallest absolute Gasteiger partial charge is 0.0991 e. The molecule has 0 spiro atoms. The van der Waals surface area contributed by atoms with Crippen LogP contribution in [0.25, 0.3) is 0 Å². The summed E-state index contributed by atoms with van der Waals surface area (Å²) in [6.45, 7) is 8.60. The van der Waals surface area contributed by atoms with E-state index in [2.05, 4.69) is 32.6 Å². The van der Waals surface area contributed by atoms with Crippen molar-refractivity contribution in [3.05, 3.63) is 47.0 Å². The van der Waals surface area contributed by atoms with Crippen LogP contribution in [0.4, 0.5) is 0 Å². The van der Waals surface area contributed by atoms with Crippen molar-refractivity contribution in [3.63, 3.8) is 0 Å². The first-order chi connectivity index (χ1) is 7.03. The highest BCUT2D eigenvalue weighted by Crippen LogP contribution is 2.38. The van der Waals surface area contributed by atoms with Gasteiger partial charge in [-0.25, -0.2) is 0 Å². The molecule has 0 amide bonds. The topological polar surface area (TPSA) is 23.8 Å². The molecule has 0 bridgehead atoms.